The fourth-order valence-electron chi connectivity index (χ4n) is 4.34. The van der Waals surface area contributed by atoms with Crippen LogP contribution in [0.4, 0.5) is 0 Å². The summed E-state index contributed by atoms with van der Waals surface area (Å²) in [5.74, 6) is 1.01. The van der Waals surface area contributed by atoms with Crippen molar-refractivity contribution >= 4 is 36.2 Å². The van der Waals surface area contributed by atoms with Gasteiger partial charge < -0.3 is 14.6 Å². The lowest BCUT2D eigenvalue weighted by Gasteiger charge is -2.32. The SMILES string of the molecule is Cc1ccccc1-c1ncc(-c2nccn2C2COC3(CCNCC3)C2)s1.Cl.Cl. The number of thiazole rings is 1. The van der Waals surface area contributed by atoms with Crippen molar-refractivity contribution in [1.82, 2.24) is 19.9 Å². The number of imidazole rings is 1. The molecule has 156 valence electrons. The topological polar surface area (TPSA) is 52.0 Å². The highest BCUT2D eigenvalue weighted by Gasteiger charge is 2.42. The molecule has 8 heteroatoms. The number of benzene rings is 1. The Kier molecular flexibility index (Phi) is 7.02. The molecule has 2 fully saturated rings. The van der Waals surface area contributed by atoms with Gasteiger partial charge >= 0.3 is 0 Å². The summed E-state index contributed by atoms with van der Waals surface area (Å²) in [6, 6.07) is 8.75. The van der Waals surface area contributed by atoms with Gasteiger partial charge in [0.25, 0.3) is 0 Å². The molecule has 0 radical (unpaired) electrons. The van der Waals surface area contributed by atoms with Crippen molar-refractivity contribution in [2.75, 3.05) is 19.7 Å². The summed E-state index contributed by atoms with van der Waals surface area (Å²) in [6.45, 7) is 5.01. The Balaban J connectivity index is 0.00000120. The molecule has 1 unspecified atom stereocenters. The van der Waals surface area contributed by atoms with E-state index in [1.165, 1.54) is 11.1 Å². The van der Waals surface area contributed by atoms with Crippen molar-refractivity contribution in [2.24, 2.45) is 0 Å². The lowest BCUT2D eigenvalue weighted by atomic mass is 9.88. The lowest BCUT2D eigenvalue weighted by Crippen LogP contribution is -2.41. The first-order valence-corrected chi connectivity index (χ1v) is 10.5. The van der Waals surface area contributed by atoms with Crippen LogP contribution in [0.15, 0.2) is 42.9 Å². The summed E-state index contributed by atoms with van der Waals surface area (Å²) in [4.78, 5) is 10.5. The lowest BCUT2D eigenvalue weighted by molar-refractivity contribution is -0.0195. The van der Waals surface area contributed by atoms with E-state index < -0.39 is 0 Å². The highest BCUT2D eigenvalue weighted by molar-refractivity contribution is 7.18. The van der Waals surface area contributed by atoms with Gasteiger partial charge in [-0.1, -0.05) is 24.3 Å². The molecule has 1 N–H and O–H groups in total. The average Bonchev–Trinajstić information content (AvgIpc) is 3.42. The number of hydrogen-bond acceptors (Lipinski definition) is 5. The molecule has 2 aliphatic heterocycles. The molecule has 29 heavy (non-hydrogen) atoms. The highest BCUT2D eigenvalue weighted by Crippen LogP contribution is 2.41. The normalized spacial score (nSPS) is 20.2. The molecule has 1 atom stereocenters. The fourth-order valence-corrected chi connectivity index (χ4v) is 5.35. The third kappa shape index (κ3) is 4.23. The minimum absolute atomic E-state index is 0. The zero-order valence-corrected chi connectivity index (χ0v) is 18.8. The van der Waals surface area contributed by atoms with Gasteiger partial charge in [0.05, 0.1) is 23.1 Å². The Morgan fingerprint density at radius 1 is 1.17 bits per heavy atom. The van der Waals surface area contributed by atoms with Gasteiger partial charge in [-0.2, -0.15) is 0 Å². The van der Waals surface area contributed by atoms with Gasteiger partial charge in [-0.3, -0.25) is 0 Å². The Morgan fingerprint density at radius 3 is 2.76 bits per heavy atom. The molecule has 4 heterocycles. The van der Waals surface area contributed by atoms with Gasteiger partial charge in [0, 0.05) is 24.2 Å². The van der Waals surface area contributed by atoms with Crippen LogP contribution in [0.3, 0.4) is 0 Å². The molecule has 2 aromatic heterocycles. The second-order valence-electron chi connectivity index (χ2n) is 7.60. The maximum Gasteiger partial charge on any atom is 0.151 e. The van der Waals surface area contributed by atoms with Crippen LogP contribution in [0.25, 0.3) is 21.3 Å². The van der Waals surface area contributed by atoms with E-state index in [0.29, 0.717) is 6.04 Å². The van der Waals surface area contributed by atoms with Crippen LogP contribution < -0.4 is 5.32 Å². The molecule has 0 saturated carbocycles. The third-order valence-corrected chi connectivity index (χ3v) is 6.89. The number of hydrogen-bond donors (Lipinski definition) is 1. The summed E-state index contributed by atoms with van der Waals surface area (Å²) in [6.07, 6.45) is 9.23. The van der Waals surface area contributed by atoms with Gasteiger partial charge in [0.1, 0.15) is 5.01 Å². The summed E-state index contributed by atoms with van der Waals surface area (Å²) < 4.78 is 8.60. The van der Waals surface area contributed by atoms with E-state index in [4.69, 9.17) is 4.74 Å². The van der Waals surface area contributed by atoms with Crippen LogP contribution in [0.2, 0.25) is 0 Å². The maximum atomic E-state index is 6.30. The van der Waals surface area contributed by atoms with Gasteiger partial charge in [-0.25, -0.2) is 9.97 Å². The zero-order valence-electron chi connectivity index (χ0n) is 16.3. The fraction of sp³-hybridized carbons (Fsp3) is 0.429. The Morgan fingerprint density at radius 2 is 1.97 bits per heavy atom. The molecule has 1 aromatic carbocycles. The molecule has 0 amide bonds. The standard InChI is InChI=1S/C21H24N4OS.2ClH/c1-15-4-2-3-5-17(15)20-24-13-18(27-20)19-23-10-11-25(19)16-12-21(26-14-16)6-8-22-9-7-21;;/h2-5,10-11,13,16,22H,6-9,12,14H2,1H3;2*1H. The second-order valence-corrected chi connectivity index (χ2v) is 8.64. The molecule has 5 nitrogen and oxygen atoms in total. The summed E-state index contributed by atoms with van der Waals surface area (Å²) in [5, 5.41) is 4.49. The Bertz CT molecular complexity index is 952. The minimum Gasteiger partial charge on any atom is -0.373 e. The van der Waals surface area contributed by atoms with E-state index in [1.807, 2.05) is 12.4 Å². The summed E-state index contributed by atoms with van der Waals surface area (Å²) >= 11 is 1.71. The number of halogens is 2. The van der Waals surface area contributed by atoms with Crippen molar-refractivity contribution in [3.05, 3.63) is 48.4 Å². The van der Waals surface area contributed by atoms with Gasteiger partial charge in [-0.05, 0) is 44.8 Å². The Labute approximate surface area is 187 Å². The van der Waals surface area contributed by atoms with E-state index in [-0.39, 0.29) is 30.4 Å². The average molecular weight is 453 g/mol. The van der Waals surface area contributed by atoms with Crippen LogP contribution in [-0.2, 0) is 4.74 Å². The molecule has 0 bridgehead atoms. The predicted octanol–water partition coefficient (Wildman–Crippen LogP) is 4.91. The number of aryl methyl sites for hydroxylation is 1. The molecule has 2 saturated heterocycles. The van der Waals surface area contributed by atoms with Crippen molar-refractivity contribution in [2.45, 2.75) is 37.8 Å². The van der Waals surface area contributed by atoms with Crippen molar-refractivity contribution in [1.29, 1.82) is 0 Å². The molecule has 0 aliphatic carbocycles. The molecule has 5 rings (SSSR count). The Hall–Kier alpha value is -1.44. The highest BCUT2D eigenvalue weighted by atomic mass is 35.5. The van der Waals surface area contributed by atoms with Crippen LogP contribution in [0, 0.1) is 6.92 Å². The molecular weight excluding hydrogens is 427 g/mol. The number of nitrogens with zero attached hydrogens (tertiary/aromatic N) is 3. The number of aromatic nitrogens is 3. The third-order valence-electron chi connectivity index (χ3n) is 5.87. The second kappa shape index (κ2) is 9.14. The summed E-state index contributed by atoms with van der Waals surface area (Å²) in [5.41, 5.74) is 2.50. The van der Waals surface area contributed by atoms with Gasteiger partial charge in [-0.15, -0.1) is 36.2 Å². The molecular formula is C21H26Cl2N4OS. The van der Waals surface area contributed by atoms with Gasteiger partial charge in [0.2, 0.25) is 0 Å². The van der Waals surface area contributed by atoms with E-state index in [0.717, 1.165) is 54.7 Å². The first-order chi connectivity index (χ1) is 13.2. The van der Waals surface area contributed by atoms with E-state index in [2.05, 4.69) is 57.2 Å². The smallest absolute Gasteiger partial charge is 0.151 e. The number of nitrogens with one attached hydrogen (secondary N) is 1. The van der Waals surface area contributed by atoms with Crippen molar-refractivity contribution < 1.29 is 4.74 Å². The van der Waals surface area contributed by atoms with Crippen LogP contribution in [0.5, 0.6) is 0 Å². The van der Waals surface area contributed by atoms with E-state index in [1.54, 1.807) is 11.3 Å². The van der Waals surface area contributed by atoms with Crippen molar-refractivity contribution in [3.8, 4) is 21.3 Å². The molecule has 3 aromatic rings. The van der Waals surface area contributed by atoms with E-state index in [9.17, 15) is 0 Å². The van der Waals surface area contributed by atoms with Crippen LogP contribution >= 0.6 is 36.2 Å². The number of piperidine rings is 1. The first-order valence-electron chi connectivity index (χ1n) is 9.64. The zero-order chi connectivity index (χ0) is 18.3. The molecule has 2 aliphatic rings. The predicted molar refractivity (Wildman–Crippen MR) is 122 cm³/mol. The van der Waals surface area contributed by atoms with E-state index >= 15 is 0 Å². The van der Waals surface area contributed by atoms with Crippen LogP contribution in [-0.4, -0.2) is 39.8 Å². The maximum absolute atomic E-state index is 6.30. The number of rotatable bonds is 3. The monoisotopic (exact) mass is 452 g/mol. The summed E-state index contributed by atoms with van der Waals surface area (Å²) in [7, 11) is 0. The van der Waals surface area contributed by atoms with Crippen molar-refractivity contribution in [3.63, 3.8) is 0 Å². The molecule has 1 spiro atoms. The van der Waals surface area contributed by atoms with Gasteiger partial charge in [0.15, 0.2) is 5.82 Å². The van der Waals surface area contributed by atoms with Crippen LogP contribution in [0.1, 0.15) is 30.9 Å². The quantitative estimate of drug-likeness (QED) is 0.613. The minimum atomic E-state index is 0. The largest absolute Gasteiger partial charge is 0.373 e. The first kappa shape index (κ1) is 22.2. The number of ether oxygens (including phenoxy) is 1.